The van der Waals surface area contributed by atoms with E-state index in [2.05, 4.69) is 14.3 Å². The smallest absolute Gasteiger partial charge is 0.152 e. The highest BCUT2D eigenvalue weighted by atomic mass is 32.2. The minimum absolute atomic E-state index is 0.181. The van der Waals surface area contributed by atoms with Crippen LogP contribution in [0.1, 0.15) is 11.4 Å². The van der Waals surface area contributed by atoms with Gasteiger partial charge in [-0.2, -0.15) is 4.37 Å². The lowest BCUT2D eigenvalue weighted by molar-refractivity contribution is 0.597. The van der Waals surface area contributed by atoms with Crippen LogP contribution in [0.25, 0.3) is 11.3 Å². The first-order valence-electron chi connectivity index (χ1n) is 6.59. The molecule has 0 aliphatic carbocycles. The minimum atomic E-state index is -2.93. The molecule has 0 amide bonds. The van der Waals surface area contributed by atoms with Gasteiger partial charge in [0.05, 0.1) is 27.8 Å². The molecule has 2 N–H and O–H groups in total. The minimum Gasteiger partial charge on any atom is -0.382 e. The number of hydrogen-bond acceptors (Lipinski definition) is 8. The second-order valence-corrected chi connectivity index (χ2v) is 9.11. The van der Waals surface area contributed by atoms with Gasteiger partial charge in [0.25, 0.3) is 0 Å². The van der Waals surface area contributed by atoms with Gasteiger partial charge in [0, 0.05) is 18.5 Å². The SMILES string of the molecule is Cc1nc(-c2c(N)nsc2N2CCCS(=O)(=O)CC2)cs1. The fourth-order valence-electron chi connectivity index (χ4n) is 2.37. The van der Waals surface area contributed by atoms with Gasteiger partial charge in [-0.3, -0.25) is 0 Å². The predicted molar refractivity (Wildman–Crippen MR) is 87.9 cm³/mol. The fourth-order valence-corrected chi connectivity index (χ4v) is 5.12. The monoisotopic (exact) mass is 344 g/mol. The van der Waals surface area contributed by atoms with Crippen LogP contribution in [0.3, 0.4) is 0 Å². The molecule has 2 aromatic rings. The molecule has 0 spiro atoms. The number of sulfone groups is 1. The lowest BCUT2D eigenvalue weighted by atomic mass is 10.2. The van der Waals surface area contributed by atoms with Crippen LogP contribution in [-0.2, 0) is 9.84 Å². The van der Waals surface area contributed by atoms with Crippen molar-refractivity contribution in [3.8, 4) is 11.3 Å². The highest BCUT2D eigenvalue weighted by Gasteiger charge is 2.25. The van der Waals surface area contributed by atoms with Gasteiger partial charge in [-0.25, -0.2) is 13.4 Å². The van der Waals surface area contributed by atoms with Gasteiger partial charge in [-0.05, 0) is 24.9 Å². The fraction of sp³-hybridized carbons (Fsp3) is 0.500. The number of nitrogen functional groups attached to an aromatic ring is 1. The molecule has 21 heavy (non-hydrogen) atoms. The first kappa shape index (κ1) is 14.7. The first-order valence-corrected chi connectivity index (χ1v) is 10.1. The first-order chi connectivity index (χ1) is 9.96. The average molecular weight is 344 g/mol. The summed E-state index contributed by atoms with van der Waals surface area (Å²) in [5, 5.41) is 3.86. The molecule has 0 unspecified atom stereocenters. The number of anilines is 2. The van der Waals surface area contributed by atoms with E-state index in [0.29, 0.717) is 25.3 Å². The zero-order chi connectivity index (χ0) is 15.0. The number of hydrogen-bond donors (Lipinski definition) is 1. The van der Waals surface area contributed by atoms with Gasteiger partial charge >= 0.3 is 0 Å². The van der Waals surface area contributed by atoms with E-state index in [1.165, 1.54) is 11.5 Å². The topological polar surface area (TPSA) is 89.2 Å². The zero-order valence-corrected chi connectivity index (χ0v) is 14.0. The van der Waals surface area contributed by atoms with E-state index in [4.69, 9.17) is 5.73 Å². The van der Waals surface area contributed by atoms with Crippen molar-refractivity contribution in [3.05, 3.63) is 10.4 Å². The van der Waals surface area contributed by atoms with Gasteiger partial charge in [-0.1, -0.05) is 0 Å². The molecule has 114 valence electrons. The van der Waals surface area contributed by atoms with Gasteiger partial charge < -0.3 is 10.6 Å². The maximum Gasteiger partial charge on any atom is 0.152 e. The third-order valence-corrected chi connectivity index (χ3v) is 6.83. The van der Waals surface area contributed by atoms with E-state index in [1.54, 1.807) is 11.3 Å². The Morgan fingerprint density at radius 1 is 1.33 bits per heavy atom. The molecule has 0 atom stereocenters. The van der Waals surface area contributed by atoms with Crippen molar-refractivity contribution in [2.24, 2.45) is 0 Å². The summed E-state index contributed by atoms with van der Waals surface area (Å²) < 4.78 is 27.7. The molecule has 1 fully saturated rings. The van der Waals surface area contributed by atoms with E-state index in [9.17, 15) is 8.42 Å². The van der Waals surface area contributed by atoms with E-state index in [1.807, 2.05) is 12.3 Å². The Hall–Kier alpha value is -1.19. The molecule has 2 aromatic heterocycles. The lowest BCUT2D eigenvalue weighted by Crippen LogP contribution is -2.26. The normalized spacial score (nSPS) is 18.6. The van der Waals surface area contributed by atoms with E-state index < -0.39 is 9.84 Å². The summed E-state index contributed by atoms with van der Waals surface area (Å²) in [6.45, 7) is 3.14. The number of nitrogens with two attached hydrogens (primary N) is 1. The van der Waals surface area contributed by atoms with Crippen molar-refractivity contribution in [1.29, 1.82) is 0 Å². The molecule has 9 heteroatoms. The van der Waals surface area contributed by atoms with Crippen LogP contribution in [0.2, 0.25) is 0 Å². The van der Waals surface area contributed by atoms with Gasteiger partial charge in [0.15, 0.2) is 9.84 Å². The summed E-state index contributed by atoms with van der Waals surface area (Å²) in [6.07, 6.45) is 0.635. The number of rotatable bonds is 2. The average Bonchev–Trinajstić information content (AvgIpc) is 2.94. The van der Waals surface area contributed by atoms with Crippen molar-refractivity contribution >= 4 is 43.5 Å². The lowest BCUT2D eigenvalue weighted by Gasteiger charge is -2.20. The largest absolute Gasteiger partial charge is 0.382 e. The number of nitrogens with zero attached hydrogens (tertiary/aromatic N) is 3. The summed E-state index contributed by atoms with van der Waals surface area (Å²) >= 11 is 2.88. The Labute approximate surface area is 131 Å². The molecular formula is C12H16N4O2S3. The van der Waals surface area contributed by atoms with Gasteiger partial charge in [0.2, 0.25) is 0 Å². The second-order valence-electron chi connectivity index (χ2n) is 4.99. The van der Waals surface area contributed by atoms with E-state index in [0.717, 1.165) is 21.3 Å². The Bertz CT molecular complexity index is 750. The maximum atomic E-state index is 11.7. The molecule has 0 bridgehead atoms. The predicted octanol–water partition coefficient (Wildman–Crippen LogP) is 1.78. The molecule has 0 radical (unpaired) electrons. The molecular weight excluding hydrogens is 328 g/mol. The van der Waals surface area contributed by atoms with Crippen LogP contribution in [-0.4, -0.2) is 42.4 Å². The summed E-state index contributed by atoms with van der Waals surface area (Å²) in [6, 6.07) is 0. The van der Waals surface area contributed by atoms with Crippen LogP contribution in [0, 0.1) is 6.92 Å². The summed E-state index contributed by atoms with van der Waals surface area (Å²) in [7, 11) is -2.93. The van der Waals surface area contributed by atoms with Crippen molar-refractivity contribution in [1.82, 2.24) is 9.36 Å². The quantitative estimate of drug-likeness (QED) is 0.893. The Morgan fingerprint density at radius 2 is 2.14 bits per heavy atom. The van der Waals surface area contributed by atoms with Crippen molar-refractivity contribution in [2.75, 3.05) is 35.2 Å². The van der Waals surface area contributed by atoms with Crippen LogP contribution in [0.15, 0.2) is 5.38 Å². The maximum absolute atomic E-state index is 11.7. The molecule has 1 aliphatic heterocycles. The number of aryl methyl sites for hydroxylation is 1. The van der Waals surface area contributed by atoms with Gasteiger partial charge in [0.1, 0.15) is 10.8 Å². The number of aromatic nitrogens is 2. The molecule has 1 saturated heterocycles. The van der Waals surface area contributed by atoms with Gasteiger partial charge in [-0.15, -0.1) is 11.3 Å². The van der Waals surface area contributed by atoms with Crippen LogP contribution < -0.4 is 10.6 Å². The van der Waals surface area contributed by atoms with E-state index >= 15 is 0 Å². The molecule has 1 aliphatic rings. The van der Waals surface area contributed by atoms with Crippen molar-refractivity contribution in [2.45, 2.75) is 13.3 Å². The number of thiazole rings is 1. The highest BCUT2D eigenvalue weighted by molar-refractivity contribution is 7.91. The summed E-state index contributed by atoms with van der Waals surface area (Å²) in [5.41, 5.74) is 7.66. The van der Waals surface area contributed by atoms with E-state index in [-0.39, 0.29) is 11.5 Å². The van der Waals surface area contributed by atoms with Crippen LogP contribution in [0.4, 0.5) is 10.8 Å². The molecule has 3 heterocycles. The Balaban J connectivity index is 1.96. The zero-order valence-electron chi connectivity index (χ0n) is 11.6. The third kappa shape index (κ3) is 3.04. The molecule has 0 saturated carbocycles. The molecule has 6 nitrogen and oxygen atoms in total. The Kier molecular flexibility index (Phi) is 3.89. The van der Waals surface area contributed by atoms with Crippen molar-refractivity contribution in [3.63, 3.8) is 0 Å². The van der Waals surface area contributed by atoms with Crippen LogP contribution >= 0.6 is 22.9 Å². The summed E-state index contributed by atoms with van der Waals surface area (Å²) in [4.78, 5) is 6.55. The van der Waals surface area contributed by atoms with Crippen molar-refractivity contribution < 1.29 is 8.42 Å². The third-order valence-electron chi connectivity index (χ3n) is 3.42. The molecule has 3 rings (SSSR count). The second kappa shape index (κ2) is 5.54. The standard InChI is InChI=1S/C12H16N4O2S3/c1-8-14-9(7-19-8)10-11(13)15-20-12(10)16-3-2-5-21(17,18)6-4-16/h7H,2-6H2,1H3,(H2,13,15). The summed E-state index contributed by atoms with van der Waals surface area (Å²) in [5.74, 6) is 0.899. The molecule has 0 aromatic carbocycles. The highest BCUT2D eigenvalue weighted by Crippen LogP contribution is 2.39. The van der Waals surface area contributed by atoms with Crippen LogP contribution in [0.5, 0.6) is 0 Å². The Morgan fingerprint density at radius 3 is 2.86 bits per heavy atom.